The van der Waals surface area contributed by atoms with Crippen molar-refractivity contribution in [2.75, 3.05) is 5.32 Å². The Kier molecular flexibility index (Phi) is 3.83. The third-order valence-corrected chi connectivity index (χ3v) is 3.65. The van der Waals surface area contributed by atoms with Crippen LogP contribution >= 0.6 is 0 Å². The topological polar surface area (TPSA) is 80.0 Å². The molecule has 116 valence electrons. The molecule has 0 spiro atoms. The maximum absolute atomic E-state index is 12.5. The van der Waals surface area contributed by atoms with Gasteiger partial charge >= 0.3 is 0 Å². The Morgan fingerprint density at radius 2 is 2.27 bits per heavy atom. The summed E-state index contributed by atoms with van der Waals surface area (Å²) in [4.78, 5) is 16.5. The molecule has 2 heterocycles. The summed E-state index contributed by atoms with van der Waals surface area (Å²) in [7, 11) is 0. The van der Waals surface area contributed by atoms with Gasteiger partial charge in [0.15, 0.2) is 11.6 Å². The van der Waals surface area contributed by atoms with Crippen molar-refractivity contribution in [3.05, 3.63) is 35.8 Å². The van der Waals surface area contributed by atoms with E-state index in [0.717, 1.165) is 25.1 Å². The van der Waals surface area contributed by atoms with Crippen molar-refractivity contribution in [2.24, 2.45) is 5.92 Å². The van der Waals surface area contributed by atoms with E-state index < -0.39 is 0 Å². The zero-order valence-electron chi connectivity index (χ0n) is 12.8. The molecule has 0 aliphatic heterocycles. The predicted octanol–water partition coefficient (Wildman–Crippen LogP) is 2.77. The third kappa shape index (κ3) is 2.95. The SMILES string of the molecule is CC(C)Cn1ncc(C(=O)Nc2ncccc2O)c1C1CC1. The van der Waals surface area contributed by atoms with Crippen LogP contribution < -0.4 is 5.32 Å². The molecule has 2 N–H and O–H groups in total. The largest absolute Gasteiger partial charge is 0.504 e. The van der Waals surface area contributed by atoms with Crippen molar-refractivity contribution in [3.8, 4) is 5.75 Å². The molecule has 0 unspecified atom stereocenters. The van der Waals surface area contributed by atoms with Crippen LogP contribution in [-0.4, -0.2) is 25.8 Å². The molecule has 0 bridgehead atoms. The van der Waals surface area contributed by atoms with Crippen molar-refractivity contribution in [3.63, 3.8) is 0 Å². The van der Waals surface area contributed by atoms with Gasteiger partial charge in [0.2, 0.25) is 0 Å². The summed E-state index contributed by atoms with van der Waals surface area (Å²) in [5.74, 6) is 0.739. The Labute approximate surface area is 129 Å². The minimum atomic E-state index is -0.272. The molecule has 3 rings (SSSR count). The van der Waals surface area contributed by atoms with E-state index in [2.05, 4.69) is 29.2 Å². The number of hydrogen-bond acceptors (Lipinski definition) is 4. The second kappa shape index (κ2) is 5.79. The van der Waals surface area contributed by atoms with Gasteiger partial charge in [0.1, 0.15) is 0 Å². The second-order valence-electron chi connectivity index (χ2n) is 6.12. The fraction of sp³-hybridized carbons (Fsp3) is 0.438. The number of nitrogens with zero attached hydrogens (tertiary/aromatic N) is 3. The van der Waals surface area contributed by atoms with Gasteiger partial charge in [0.05, 0.1) is 17.5 Å². The van der Waals surface area contributed by atoms with Crippen LogP contribution in [0.4, 0.5) is 5.82 Å². The normalized spacial score (nSPS) is 14.3. The lowest BCUT2D eigenvalue weighted by Crippen LogP contribution is -2.16. The standard InChI is InChI=1S/C16H20N4O2/c1-10(2)9-20-14(11-5-6-11)12(8-18-20)16(22)19-15-13(21)4-3-7-17-15/h3-4,7-8,10-11,21H,5-6,9H2,1-2H3,(H,17,19,22). The molecule has 1 amide bonds. The van der Waals surface area contributed by atoms with E-state index in [1.807, 2.05) is 4.68 Å². The van der Waals surface area contributed by atoms with Crippen molar-refractivity contribution in [1.29, 1.82) is 0 Å². The highest BCUT2D eigenvalue weighted by molar-refractivity contribution is 6.05. The summed E-state index contributed by atoms with van der Waals surface area (Å²) in [6.45, 7) is 5.06. The first-order valence-corrected chi connectivity index (χ1v) is 7.57. The summed E-state index contributed by atoms with van der Waals surface area (Å²) < 4.78 is 1.94. The minimum Gasteiger partial charge on any atom is -0.504 e. The number of amides is 1. The number of carbonyl (C=O) groups is 1. The van der Waals surface area contributed by atoms with Crippen LogP contribution in [0.2, 0.25) is 0 Å². The molecule has 2 aromatic rings. The van der Waals surface area contributed by atoms with E-state index in [1.54, 1.807) is 12.3 Å². The van der Waals surface area contributed by atoms with Crippen LogP contribution in [0.3, 0.4) is 0 Å². The first kappa shape index (κ1) is 14.6. The van der Waals surface area contributed by atoms with Crippen LogP contribution in [0.5, 0.6) is 5.75 Å². The Morgan fingerprint density at radius 1 is 1.50 bits per heavy atom. The first-order valence-electron chi connectivity index (χ1n) is 7.57. The van der Waals surface area contributed by atoms with Gasteiger partial charge in [-0.1, -0.05) is 13.8 Å². The fourth-order valence-electron chi connectivity index (χ4n) is 2.52. The average Bonchev–Trinajstić information content (AvgIpc) is 3.22. The monoisotopic (exact) mass is 300 g/mol. The molecular formula is C16H20N4O2. The van der Waals surface area contributed by atoms with Gasteiger partial charge < -0.3 is 10.4 Å². The molecule has 1 aliphatic rings. The van der Waals surface area contributed by atoms with E-state index in [-0.39, 0.29) is 17.5 Å². The van der Waals surface area contributed by atoms with Crippen LogP contribution in [0.25, 0.3) is 0 Å². The number of rotatable bonds is 5. The second-order valence-corrected chi connectivity index (χ2v) is 6.12. The Bertz CT molecular complexity index is 689. The van der Waals surface area contributed by atoms with E-state index in [1.165, 1.54) is 12.3 Å². The lowest BCUT2D eigenvalue weighted by Gasteiger charge is -2.11. The number of carbonyl (C=O) groups excluding carboxylic acids is 1. The van der Waals surface area contributed by atoms with Gasteiger partial charge in [0, 0.05) is 18.7 Å². The molecule has 6 heteroatoms. The smallest absolute Gasteiger partial charge is 0.260 e. The van der Waals surface area contributed by atoms with Crippen LogP contribution in [0.15, 0.2) is 24.5 Å². The van der Waals surface area contributed by atoms with Gasteiger partial charge in [0.25, 0.3) is 5.91 Å². The number of nitrogens with one attached hydrogen (secondary N) is 1. The number of pyridine rings is 1. The van der Waals surface area contributed by atoms with Gasteiger partial charge in [-0.25, -0.2) is 4.98 Å². The molecule has 1 aliphatic carbocycles. The van der Waals surface area contributed by atoms with Crippen molar-refractivity contribution < 1.29 is 9.90 Å². The maximum atomic E-state index is 12.5. The van der Waals surface area contributed by atoms with Crippen molar-refractivity contribution >= 4 is 11.7 Å². The molecule has 6 nitrogen and oxygen atoms in total. The zero-order valence-corrected chi connectivity index (χ0v) is 12.8. The van der Waals surface area contributed by atoms with E-state index in [0.29, 0.717) is 17.4 Å². The molecule has 0 atom stereocenters. The molecule has 22 heavy (non-hydrogen) atoms. The highest BCUT2D eigenvalue weighted by Crippen LogP contribution is 2.42. The van der Waals surface area contributed by atoms with Crippen molar-refractivity contribution in [1.82, 2.24) is 14.8 Å². The number of anilines is 1. The van der Waals surface area contributed by atoms with E-state index in [4.69, 9.17) is 0 Å². The van der Waals surface area contributed by atoms with Gasteiger partial charge in [-0.05, 0) is 30.9 Å². The van der Waals surface area contributed by atoms with Crippen LogP contribution in [-0.2, 0) is 6.54 Å². The fourth-order valence-corrected chi connectivity index (χ4v) is 2.52. The Hall–Kier alpha value is -2.37. The zero-order chi connectivity index (χ0) is 15.7. The summed E-state index contributed by atoms with van der Waals surface area (Å²) in [5, 5.41) is 16.8. The van der Waals surface area contributed by atoms with Crippen LogP contribution in [0.1, 0.15) is 48.7 Å². The number of hydrogen-bond donors (Lipinski definition) is 2. The first-order chi connectivity index (χ1) is 10.6. The summed E-state index contributed by atoms with van der Waals surface area (Å²) >= 11 is 0. The van der Waals surface area contributed by atoms with Gasteiger partial charge in [-0.3, -0.25) is 9.48 Å². The Morgan fingerprint density at radius 3 is 2.91 bits per heavy atom. The molecule has 0 saturated heterocycles. The minimum absolute atomic E-state index is 0.0432. The van der Waals surface area contributed by atoms with E-state index in [9.17, 15) is 9.90 Å². The van der Waals surface area contributed by atoms with Gasteiger partial charge in [-0.15, -0.1) is 0 Å². The van der Waals surface area contributed by atoms with Crippen LogP contribution in [0, 0.1) is 5.92 Å². The third-order valence-electron chi connectivity index (χ3n) is 3.65. The molecule has 1 fully saturated rings. The maximum Gasteiger partial charge on any atom is 0.260 e. The molecular weight excluding hydrogens is 280 g/mol. The molecule has 0 radical (unpaired) electrons. The van der Waals surface area contributed by atoms with Crippen molar-refractivity contribution in [2.45, 2.75) is 39.2 Å². The average molecular weight is 300 g/mol. The number of aromatic nitrogens is 3. The van der Waals surface area contributed by atoms with Gasteiger partial charge in [-0.2, -0.15) is 5.10 Å². The summed E-state index contributed by atoms with van der Waals surface area (Å²) in [5.41, 5.74) is 1.58. The molecule has 2 aromatic heterocycles. The summed E-state index contributed by atoms with van der Waals surface area (Å²) in [6, 6.07) is 3.11. The summed E-state index contributed by atoms with van der Waals surface area (Å²) in [6.07, 6.45) is 5.34. The highest BCUT2D eigenvalue weighted by Gasteiger charge is 2.32. The lowest BCUT2D eigenvalue weighted by atomic mass is 10.1. The molecule has 0 aromatic carbocycles. The molecule has 1 saturated carbocycles. The highest BCUT2D eigenvalue weighted by atomic mass is 16.3. The Balaban J connectivity index is 1.86. The number of aromatic hydroxyl groups is 1. The quantitative estimate of drug-likeness (QED) is 0.889. The van der Waals surface area contributed by atoms with E-state index >= 15 is 0 Å². The lowest BCUT2D eigenvalue weighted by molar-refractivity contribution is 0.102. The predicted molar refractivity (Wildman–Crippen MR) is 82.9 cm³/mol.